The fraction of sp³-hybridized carbons (Fsp3) is 0.455. The maximum Gasteiger partial charge on any atom is 0.197 e. The highest BCUT2D eigenvalue weighted by molar-refractivity contribution is 5.64. The fourth-order valence-electron chi connectivity index (χ4n) is 7.61. The number of rotatable bonds is 20. The highest BCUT2D eigenvalue weighted by Crippen LogP contribution is 2.38. The standard InChI is InChI=1S/C44H57N21O/c1-6-10-18-30-28(26-45)40(62(57-30)34-22-14-16-24-49-34)55-53-36-32(20-12-8-3)59-64(38(36)47)43-51-42(66)52-44(61(43)5)65-39(48)37(33(60-65)21-13-9-4)54-56-41-29(27-46)31(19-11-7-2)58-63(41)35-23-15-17-25-50-35/h14-17,22-25,42-44,51-52,66H,6-13,18-21,47-48H2,1-5H3. The van der Waals surface area contributed by atoms with Crippen LogP contribution >= 0.6 is 0 Å². The lowest BCUT2D eigenvalue weighted by molar-refractivity contribution is -0.103. The SMILES string of the molecule is CCCCc1nn(-c2ccccn2)c(N=Nc2c(CCCC)nn(C3NC(O)NC(n4nc(CCCC)c(N=Nc5c(C#N)c(CCCC)nn5-c5ccccn5)c4N)N3C)c2N)c1C#N. The van der Waals surface area contributed by atoms with Gasteiger partial charge in [-0.2, -0.15) is 40.3 Å². The van der Waals surface area contributed by atoms with Crippen molar-refractivity contribution in [1.29, 1.82) is 10.5 Å². The van der Waals surface area contributed by atoms with Crippen molar-refractivity contribution in [3.8, 4) is 23.8 Å². The van der Waals surface area contributed by atoms with Crippen LogP contribution in [0.5, 0.6) is 0 Å². The third kappa shape index (κ3) is 9.72. The number of nitrogens with one attached hydrogen (secondary N) is 2. The number of nitrogens with zero attached hydrogens (tertiary/aromatic N) is 17. The maximum absolute atomic E-state index is 11.3. The van der Waals surface area contributed by atoms with Gasteiger partial charge in [-0.05, 0) is 82.7 Å². The number of hydrogen-bond donors (Lipinski definition) is 5. The molecule has 22 heteroatoms. The van der Waals surface area contributed by atoms with Crippen LogP contribution in [0.1, 0.15) is 126 Å². The van der Waals surface area contributed by atoms with E-state index in [2.05, 4.69) is 80.9 Å². The van der Waals surface area contributed by atoms with Crippen LogP contribution < -0.4 is 22.1 Å². The Morgan fingerprint density at radius 3 is 1.35 bits per heavy atom. The second-order valence-electron chi connectivity index (χ2n) is 15.9. The molecule has 6 aromatic rings. The Morgan fingerprint density at radius 1 is 0.606 bits per heavy atom. The van der Waals surface area contributed by atoms with Crippen molar-refractivity contribution in [1.82, 2.24) is 64.6 Å². The fourth-order valence-corrected chi connectivity index (χ4v) is 7.61. The molecule has 0 bridgehead atoms. The Morgan fingerprint density at radius 2 is 1.00 bits per heavy atom. The van der Waals surface area contributed by atoms with Gasteiger partial charge in [0.2, 0.25) is 0 Å². The molecular formula is C44H57N21O. The molecule has 0 aromatic carbocycles. The van der Waals surface area contributed by atoms with Gasteiger partial charge in [-0.3, -0.25) is 0 Å². The Labute approximate surface area is 383 Å². The maximum atomic E-state index is 11.3. The van der Waals surface area contributed by atoms with E-state index in [9.17, 15) is 15.6 Å². The first kappa shape index (κ1) is 46.7. The minimum absolute atomic E-state index is 0.165. The molecule has 66 heavy (non-hydrogen) atoms. The van der Waals surface area contributed by atoms with Crippen molar-refractivity contribution in [2.45, 2.75) is 124 Å². The monoisotopic (exact) mass is 896 g/mol. The van der Waals surface area contributed by atoms with E-state index in [1.54, 1.807) is 53.1 Å². The summed E-state index contributed by atoms with van der Waals surface area (Å²) in [5.41, 5.74) is 17.5. The highest BCUT2D eigenvalue weighted by atomic mass is 16.3. The Balaban J connectivity index is 1.26. The lowest BCUT2D eigenvalue weighted by atomic mass is 10.1. The van der Waals surface area contributed by atoms with E-state index in [-0.39, 0.29) is 23.3 Å². The number of aromatic nitrogens is 10. The minimum atomic E-state index is -1.28. The van der Waals surface area contributed by atoms with E-state index in [1.165, 1.54) is 9.36 Å². The number of nitrogens with two attached hydrogens (primary N) is 2. The molecule has 0 aliphatic carbocycles. The molecule has 1 saturated heterocycles. The van der Waals surface area contributed by atoms with E-state index >= 15 is 0 Å². The van der Waals surface area contributed by atoms with E-state index in [4.69, 9.17) is 31.9 Å². The van der Waals surface area contributed by atoms with Crippen molar-refractivity contribution in [2.75, 3.05) is 18.5 Å². The second kappa shape index (κ2) is 21.6. The number of anilines is 2. The average molecular weight is 896 g/mol. The molecule has 2 unspecified atom stereocenters. The topological polar surface area (TPSA) is 294 Å². The molecule has 0 saturated carbocycles. The number of nitrogen functional groups attached to an aromatic ring is 2. The average Bonchev–Trinajstić information content (AvgIpc) is 4.07. The largest absolute Gasteiger partial charge is 0.382 e. The molecule has 1 aliphatic heterocycles. The number of aliphatic hydroxyl groups is 1. The molecule has 6 aromatic heterocycles. The van der Waals surface area contributed by atoms with Gasteiger partial charge in [-0.25, -0.2) is 34.9 Å². The van der Waals surface area contributed by atoms with Gasteiger partial charge in [0, 0.05) is 12.4 Å². The molecule has 1 aliphatic rings. The molecule has 1 fully saturated rings. The summed E-state index contributed by atoms with van der Waals surface area (Å²) in [4.78, 5) is 10.8. The van der Waals surface area contributed by atoms with Gasteiger partial charge in [-0.1, -0.05) is 65.5 Å². The van der Waals surface area contributed by atoms with Gasteiger partial charge >= 0.3 is 0 Å². The van der Waals surface area contributed by atoms with Gasteiger partial charge in [0.1, 0.15) is 23.3 Å². The van der Waals surface area contributed by atoms with Crippen molar-refractivity contribution in [2.24, 2.45) is 20.5 Å². The number of hydrogen-bond acceptors (Lipinski definition) is 18. The number of pyridine rings is 2. The van der Waals surface area contributed by atoms with Gasteiger partial charge in [0.05, 0.1) is 22.8 Å². The van der Waals surface area contributed by atoms with Crippen molar-refractivity contribution in [3.63, 3.8) is 0 Å². The molecule has 0 spiro atoms. The summed E-state index contributed by atoms with van der Waals surface area (Å²) in [6, 6.07) is 15.4. The van der Waals surface area contributed by atoms with Gasteiger partial charge < -0.3 is 16.6 Å². The third-order valence-corrected chi connectivity index (χ3v) is 11.2. The number of nitriles is 2. The van der Waals surface area contributed by atoms with Crippen LogP contribution in [0.25, 0.3) is 11.6 Å². The minimum Gasteiger partial charge on any atom is -0.382 e. The van der Waals surface area contributed by atoms with Gasteiger partial charge in [0.15, 0.2) is 65.2 Å². The van der Waals surface area contributed by atoms with Gasteiger partial charge in [0.25, 0.3) is 0 Å². The van der Waals surface area contributed by atoms with E-state index in [0.29, 0.717) is 82.6 Å². The summed E-state index contributed by atoms with van der Waals surface area (Å²) in [7, 11) is 1.80. The molecule has 7 heterocycles. The number of azo groups is 2. The molecule has 7 rings (SSSR count). The molecular weight excluding hydrogens is 839 g/mol. The van der Waals surface area contributed by atoms with Crippen LogP contribution in [-0.2, 0) is 25.7 Å². The predicted octanol–water partition coefficient (Wildman–Crippen LogP) is 7.36. The number of aliphatic hydroxyl groups excluding tert-OH is 1. The zero-order valence-corrected chi connectivity index (χ0v) is 38.0. The van der Waals surface area contributed by atoms with Crippen LogP contribution in [-0.4, -0.2) is 72.5 Å². The lowest BCUT2D eigenvalue weighted by Gasteiger charge is -2.43. The predicted molar refractivity (Wildman–Crippen MR) is 246 cm³/mol. The Kier molecular flexibility index (Phi) is 15.3. The smallest absolute Gasteiger partial charge is 0.197 e. The summed E-state index contributed by atoms with van der Waals surface area (Å²) >= 11 is 0. The lowest BCUT2D eigenvalue weighted by Crippen LogP contribution is -2.62. The normalized spacial score (nSPS) is 16.7. The van der Waals surface area contributed by atoms with Crippen molar-refractivity contribution >= 4 is 34.6 Å². The first-order valence-corrected chi connectivity index (χ1v) is 22.5. The molecule has 0 radical (unpaired) electrons. The number of unbranched alkanes of at least 4 members (excludes halogenated alkanes) is 4. The first-order chi connectivity index (χ1) is 32.2. The zero-order chi connectivity index (χ0) is 46.7. The van der Waals surface area contributed by atoms with Crippen LogP contribution in [0, 0.1) is 22.7 Å². The van der Waals surface area contributed by atoms with E-state index < -0.39 is 18.9 Å². The third-order valence-electron chi connectivity index (χ3n) is 11.2. The summed E-state index contributed by atoms with van der Waals surface area (Å²) in [5.74, 6) is 1.76. The number of aryl methyl sites for hydroxylation is 4. The Hall–Kier alpha value is -7.24. The summed E-state index contributed by atoms with van der Waals surface area (Å²) in [6.07, 6.45) is 9.40. The Bertz CT molecular complexity index is 2530. The highest BCUT2D eigenvalue weighted by Gasteiger charge is 2.38. The molecule has 2 atom stereocenters. The second-order valence-corrected chi connectivity index (χ2v) is 15.9. The summed E-state index contributed by atoms with van der Waals surface area (Å²) in [5, 5.41) is 76.3. The van der Waals surface area contributed by atoms with Gasteiger partial charge in [-0.15, -0.1) is 20.5 Å². The van der Waals surface area contributed by atoms with Crippen LogP contribution in [0.3, 0.4) is 0 Å². The van der Waals surface area contributed by atoms with Crippen LogP contribution in [0.15, 0.2) is 69.2 Å². The molecule has 22 nitrogen and oxygen atoms in total. The quantitative estimate of drug-likeness (QED) is 0.0468. The zero-order valence-electron chi connectivity index (χ0n) is 38.0. The summed E-state index contributed by atoms with van der Waals surface area (Å²) < 4.78 is 6.14. The van der Waals surface area contributed by atoms with E-state index in [0.717, 1.165) is 51.4 Å². The first-order valence-electron chi connectivity index (χ1n) is 22.5. The molecule has 7 N–H and O–H groups in total. The molecule has 344 valence electrons. The summed E-state index contributed by atoms with van der Waals surface area (Å²) in [6.45, 7) is 8.31. The van der Waals surface area contributed by atoms with Crippen LogP contribution in [0.4, 0.5) is 34.6 Å². The van der Waals surface area contributed by atoms with Crippen LogP contribution in [0.2, 0.25) is 0 Å². The molecule has 0 amide bonds. The van der Waals surface area contributed by atoms with Crippen molar-refractivity contribution < 1.29 is 5.11 Å². The van der Waals surface area contributed by atoms with Crippen molar-refractivity contribution in [3.05, 3.63) is 82.7 Å². The van der Waals surface area contributed by atoms with E-state index in [1.807, 2.05) is 17.0 Å².